The Kier molecular flexibility index (Phi) is 4.78. The summed E-state index contributed by atoms with van der Waals surface area (Å²) in [6.07, 6.45) is 0.124. The summed E-state index contributed by atoms with van der Waals surface area (Å²) in [6, 6.07) is 7.49. The average molecular weight is 300 g/mol. The minimum atomic E-state index is -1.45. The number of hydrogen-bond donors (Lipinski definition) is 3. The lowest BCUT2D eigenvalue weighted by Gasteiger charge is -2.18. The van der Waals surface area contributed by atoms with E-state index in [1.165, 1.54) is 0 Å². The fourth-order valence-corrected chi connectivity index (χ4v) is 2.75. The van der Waals surface area contributed by atoms with E-state index < -0.39 is 23.4 Å². The molecular weight excluding hydrogens is 282 g/mol. The van der Waals surface area contributed by atoms with E-state index in [-0.39, 0.29) is 31.2 Å². The summed E-state index contributed by atoms with van der Waals surface area (Å²) in [6.45, 7) is 1.94. The molecule has 1 aromatic rings. The highest BCUT2D eigenvalue weighted by molar-refractivity contribution is 5.85. The van der Waals surface area contributed by atoms with E-state index in [4.69, 9.17) is 10.8 Å². The van der Waals surface area contributed by atoms with Gasteiger partial charge in [-0.2, -0.15) is 0 Å². The number of nitrogens with two attached hydrogens (primary N) is 1. The maximum atomic E-state index is 11.3. The molecule has 3 atom stereocenters. The van der Waals surface area contributed by atoms with Gasteiger partial charge in [-0.15, -0.1) is 12.4 Å². The largest absolute Gasteiger partial charge is 0.481 e. The van der Waals surface area contributed by atoms with Crippen LogP contribution in [0.4, 0.5) is 0 Å². The number of benzene rings is 1. The molecule has 0 unspecified atom stereocenters. The zero-order valence-electron chi connectivity index (χ0n) is 11.1. The Bertz CT molecular complexity index is 516. The predicted octanol–water partition coefficient (Wildman–Crippen LogP) is 1.78. The van der Waals surface area contributed by atoms with Crippen LogP contribution in [0.3, 0.4) is 0 Å². The van der Waals surface area contributed by atoms with E-state index in [9.17, 15) is 14.7 Å². The molecule has 1 saturated carbocycles. The van der Waals surface area contributed by atoms with Crippen molar-refractivity contribution in [1.29, 1.82) is 0 Å². The third-order valence-electron chi connectivity index (χ3n) is 3.90. The van der Waals surface area contributed by atoms with Crippen molar-refractivity contribution in [2.75, 3.05) is 0 Å². The molecule has 0 spiro atoms. The van der Waals surface area contributed by atoms with Crippen LogP contribution >= 0.6 is 12.4 Å². The Labute approximate surface area is 123 Å². The van der Waals surface area contributed by atoms with Crippen molar-refractivity contribution in [3.8, 4) is 0 Å². The van der Waals surface area contributed by atoms with Gasteiger partial charge in [0, 0.05) is 0 Å². The highest BCUT2D eigenvalue weighted by Crippen LogP contribution is 2.44. The third-order valence-corrected chi connectivity index (χ3v) is 3.90. The molecule has 1 aromatic carbocycles. The van der Waals surface area contributed by atoms with Gasteiger partial charge in [-0.3, -0.25) is 9.59 Å². The summed E-state index contributed by atoms with van der Waals surface area (Å²) in [4.78, 5) is 22.5. The molecule has 1 aliphatic carbocycles. The Balaban J connectivity index is 0.00000200. The summed E-state index contributed by atoms with van der Waals surface area (Å²) in [5.41, 5.74) is 6.29. The Morgan fingerprint density at radius 1 is 1.20 bits per heavy atom. The maximum Gasteiger partial charge on any atom is 0.323 e. The van der Waals surface area contributed by atoms with E-state index in [0.29, 0.717) is 0 Å². The van der Waals surface area contributed by atoms with E-state index in [2.05, 4.69) is 0 Å². The topological polar surface area (TPSA) is 101 Å². The molecule has 1 fully saturated rings. The zero-order chi connectivity index (χ0) is 14.2. The molecule has 110 valence electrons. The van der Waals surface area contributed by atoms with Crippen LogP contribution in [-0.4, -0.2) is 27.7 Å². The summed E-state index contributed by atoms with van der Waals surface area (Å²) in [7, 11) is 0. The van der Waals surface area contributed by atoms with Crippen molar-refractivity contribution < 1.29 is 19.8 Å². The molecule has 5 nitrogen and oxygen atoms in total. The number of aliphatic carboxylic acids is 2. The molecule has 2 rings (SSSR count). The summed E-state index contributed by atoms with van der Waals surface area (Å²) >= 11 is 0. The molecule has 0 bridgehead atoms. The molecular formula is C14H18ClNO4. The van der Waals surface area contributed by atoms with Gasteiger partial charge in [0.1, 0.15) is 5.54 Å². The number of halogens is 1. The van der Waals surface area contributed by atoms with Crippen LogP contribution in [-0.2, 0) is 9.59 Å². The van der Waals surface area contributed by atoms with Gasteiger partial charge in [0.25, 0.3) is 0 Å². The lowest BCUT2D eigenvalue weighted by molar-refractivity contribution is -0.144. The monoisotopic (exact) mass is 299 g/mol. The fraction of sp³-hybridized carbons (Fsp3) is 0.429. The Hall–Kier alpha value is -1.59. The molecule has 0 amide bonds. The average Bonchev–Trinajstić information content (AvgIpc) is 2.70. The number of carbonyl (C=O) groups is 2. The van der Waals surface area contributed by atoms with E-state index in [1.54, 1.807) is 0 Å². The molecule has 0 radical (unpaired) electrons. The Morgan fingerprint density at radius 2 is 1.75 bits per heavy atom. The van der Waals surface area contributed by atoms with Crippen LogP contribution in [0.25, 0.3) is 0 Å². The quantitative estimate of drug-likeness (QED) is 0.790. The van der Waals surface area contributed by atoms with Gasteiger partial charge < -0.3 is 15.9 Å². The lowest BCUT2D eigenvalue weighted by Crippen LogP contribution is -2.45. The number of hydrogen-bond acceptors (Lipinski definition) is 3. The van der Waals surface area contributed by atoms with Crippen molar-refractivity contribution in [1.82, 2.24) is 0 Å². The number of carboxylic acids is 2. The third kappa shape index (κ3) is 2.94. The van der Waals surface area contributed by atoms with Crippen LogP contribution in [0.2, 0.25) is 0 Å². The van der Waals surface area contributed by atoms with Crippen LogP contribution < -0.4 is 5.73 Å². The van der Waals surface area contributed by atoms with Crippen molar-refractivity contribution >= 4 is 24.3 Å². The fourth-order valence-electron chi connectivity index (χ4n) is 2.75. The number of carboxylic acid groups (broad SMARTS) is 2. The second-order valence-electron chi connectivity index (χ2n) is 5.33. The molecule has 0 aliphatic heterocycles. The second kappa shape index (κ2) is 5.81. The summed E-state index contributed by atoms with van der Waals surface area (Å²) in [5, 5.41) is 18.4. The first-order valence-corrected chi connectivity index (χ1v) is 6.15. The van der Waals surface area contributed by atoms with Crippen molar-refractivity contribution in [3.63, 3.8) is 0 Å². The normalized spacial score (nSPS) is 28.7. The van der Waals surface area contributed by atoms with Gasteiger partial charge in [-0.1, -0.05) is 29.8 Å². The highest BCUT2D eigenvalue weighted by atomic mass is 35.5. The van der Waals surface area contributed by atoms with Gasteiger partial charge in [0.15, 0.2) is 0 Å². The molecule has 0 saturated heterocycles. The highest BCUT2D eigenvalue weighted by Gasteiger charge is 2.51. The SMILES string of the molecule is Cc1ccc([C@@H]2C[C@@](N)(C(=O)O)C[C@H]2C(=O)O)cc1.Cl. The van der Waals surface area contributed by atoms with Crippen LogP contribution in [0, 0.1) is 12.8 Å². The second-order valence-corrected chi connectivity index (χ2v) is 5.33. The molecule has 0 heterocycles. The summed E-state index contributed by atoms with van der Waals surface area (Å²) in [5.74, 6) is -3.21. The van der Waals surface area contributed by atoms with E-state index in [1.807, 2.05) is 31.2 Å². The summed E-state index contributed by atoms with van der Waals surface area (Å²) < 4.78 is 0. The van der Waals surface area contributed by atoms with E-state index in [0.717, 1.165) is 11.1 Å². The van der Waals surface area contributed by atoms with Gasteiger partial charge in [0.2, 0.25) is 0 Å². The maximum absolute atomic E-state index is 11.3. The smallest absolute Gasteiger partial charge is 0.323 e. The van der Waals surface area contributed by atoms with Crippen molar-refractivity contribution in [3.05, 3.63) is 35.4 Å². The number of rotatable bonds is 3. The van der Waals surface area contributed by atoms with Crippen molar-refractivity contribution in [2.24, 2.45) is 11.7 Å². The minimum absolute atomic E-state index is 0. The predicted molar refractivity (Wildman–Crippen MR) is 76.1 cm³/mol. The van der Waals surface area contributed by atoms with Gasteiger partial charge in [-0.25, -0.2) is 0 Å². The standard InChI is InChI=1S/C14H17NO4.ClH/c1-8-2-4-9(5-3-8)10-6-14(15,13(18)19)7-11(10)12(16)17;/h2-5,10-11H,6-7,15H2,1H3,(H,16,17)(H,18,19);1H/t10-,11+,14-;/m0./s1. The first-order chi connectivity index (χ1) is 8.83. The van der Waals surface area contributed by atoms with Crippen LogP contribution in [0.15, 0.2) is 24.3 Å². The van der Waals surface area contributed by atoms with Crippen molar-refractivity contribution in [2.45, 2.75) is 31.2 Å². The first kappa shape index (κ1) is 16.5. The van der Waals surface area contributed by atoms with Gasteiger partial charge in [-0.05, 0) is 31.2 Å². The number of aryl methyl sites for hydroxylation is 1. The van der Waals surface area contributed by atoms with Crippen LogP contribution in [0.1, 0.15) is 29.9 Å². The molecule has 1 aliphatic rings. The first-order valence-electron chi connectivity index (χ1n) is 6.15. The van der Waals surface area contributed by atoms with Gasteiger partial charge in [0.05, 0.1) is 5.92 Å². The lowest BCUT2D eigenvalue weighted by atomic mass is 9.88. The Morgan fingerprint density at radius 3 is 2.20 bits per heavy atom. The van der Waals surface area contributed by atoms with Crippen LogP contribution in [0.5, 0.6) is 0 Å². The molecule has 0 aromatic heterocycles. The minimum Gasteiger partial charge on any atom is -0.481 e. The van der Waals surface area contributed by atoms with Gasteiger partial charge >= 0.3 is 11.9 Å². The molecule has 6 heteroatoms. The van der Waals surface area contributed by atoms with E-state index >= 15 is 0 Å². The molecule has 4 N–H and O–H groups in total. The molecule has 20 heavy (non-hydrogen) atoms. The zero-order valence-corrected chi connectivity index (χ0v) is 11.9.